The second-order valence-corrected chi connectivity index (χ2v) is 15.5. The maximum absolute atomic E-state index is 13.2. The zero-order valence-corrected chi connectivity index (χ0v) is 32.8. The number of nitrogens with one attached hydrogen (secondary N) is 2. The molecule has 60 heavy (non-hydrogen) atoms. The van der Waals surface area contributed by atoms with Crippen LogP contribution in [0.25, 0.3) is 16.7 Å². The predicted octanol–water partition coefficient (Wildman–Crippen LogP) is 3.70. The molecular formula is C41H44F3N11O5. The fourth-order valence-electron chi connectivity index (χ4n) is 8.35. The van der Waals surface area contributed by atoms with Crippen LogP contribution in [0.4, 0.5) is 30.2 Å². The molecule has 0 spiro atoms. The first-order valence-electron chi connectivity index (χ1n) is 19.9. The van der Waals surface area contributed by atoms with Gasteiger partial charge < -0.3 is 20.9 Å². The van der Waals surface area contributed by atoms with Gasteiger partial charge in [0.2, 0.25) is 11.8 Å². The quantitative estimate of drug-likeness (QED) is 0.176. The number of imidazole rings is 1. The van der Waals surface area contributed by atoms with Crippen molar-refractivity contribution in [2.24, 2.45) is 18.7 Å². The summed E-state index contributed by atoms with van der Waals surface area (Å²) in [5.74, 6) is -2.03. The molecule has 8 rings (SSSR count). The Kier molecular flexibility index (Phi) is 10.9. The SMILES string of the molecule is Cn1c(=O)n(C2CCC(=O)NC2=O)c2ccc(N3CCC(CCN4CCN(c5ccc(-n6cc(NC(=O)c7cccc(C(F)(F)F)n7)c(C(N)=O)n6)cc5)CC4)CC3)cc21. The Morgan fingerprint density at radius 1 is 0.867 bits per heavy atom. The number of carbonyl (C=O) groups excluding carboxylic acids is 4. The minimum Gasteiger partial charge on any atom is -0.371 e. The highest BCUT2D eigenvalue weighted by Gasteiger charge is 2.34. The van der Waals surface area contributed by atoms with Gasteiger partial charge in [-0.25, -0.2) is 14.5 Å². The van der Waals surface area contributed by atoms with Gasteiger partial charge in [0.25, 0.3) is 11.8 Å². The average molecular weight is 828 g/mol. The van der Waals surface area contributed by atoms with Crippen molar-refractivity contribution in [1.29, 1.82) is 0 Å². The summed E-state index contributed by atoms with van der Waals surface area (Å²) in [5, 5.41) is 8.99. The first-order chi connectivity index (χ1) is 28.7. The van der Waals surface area contributed by atoms with Crippen molar-refractivity contribution in [2.45, 2.75) is 44.3 Å². The van der Waals surface area contributed by atoms with Crippen molar-refractivity contribution in [3.63, 3.8) is 0 Å². The molecule has 1 atom stereocenters. The number of aryl methyl sites for hydroxylation is 1. The number of hydrogen-bond donors (Lipinski definition) is 3. The van der Waals surface area contributed by atoms with Crippen LogP contribution in [0.3, 0.4) is 0 Å². The molecule has 0 saturated carbocycles. The van der Waals surface area contributed by atoms with Crippen LogP contribution in [0, 0.1) is 5.92 Å². The molecule has 3 saturated heterocycles. The third-order valence-corrected chi connectivity index (χ3v) is 11.7. The highest BCUT2D eigenvalue weighted by Crippen LogP contribution is 2.31. The maximum Gasteiger partial charge on any atom is 0.433 e. The Labute approximate surface area is 341 Å². The molecule has 19 heteroatoms. The molecular weight excluding hydrogens is 784 g/mol. The molecule has 4 amide bonds. The van der Waals surface area contributed by atoms with E-state index in [-0.39, 0.29) is 29.4 Å². The average Bonchev–Trinajstić information content (AvgIpc) is 3.78. The van der Waals surface area contributed by atoms with Gasteiger partial charge in [-0.3, -0.25) is 38.5 Å². The van der Waals surface area contributed by atoms with Crippen LogP contribution in [-0.2, 0) is 22.8 Å². The summed E-state index contributed by atoms with van der Waals surface area (Å²) in [5.41, 5.74) is 7.29. The zero-order chi connectivity index (χ0) is 42.3. The van der Waals surface area contributed by atoms with Crippen LogP contribution < -0.4 is 31.9 Å². The van der Waals surface area contributed by atoms with E-state index in [9.17, 15) is 37.1 Å². The second kappa shape index (κ2) is 16.3. The van der Waals surface area contributed by atoms with Gasteiger partial charge in [-0.05, 0) is 92.7 Å². The summed E-state index contributed by atoms with van der Waals surface area (Å²) < 4.78 is 43.8. The molecule has 3 fully saturated rings. The number of alkyl halides is 3. The number of anilines is 3. The van der Waals surface area contributed by atoms with Gasteiger partial charge >= 0.3 is 11.9 Å². The number of primary amides is 1. The molecule has 3 aliphatic heterocycles. The number of benzene rings is 2. The molecule has 1 unspecified atom stereocenters. The summed E-state index contributed by atoms with van der Waals surface area (Å²) in [6.07, 6.45) is 0.388. The summed E-state index contributed by atoms with van der Waals surface area (Å²) >= 11 is 0. The number of nitrogens with two attached hydrogens (primary N) is 1. The third-order valence-electron chi connectivity index (χ3n) is 11.7. The van der Waals surface area contributed by atoms with Gasteiger partial charge in [-0.15, -0.1) is 0 Å². The Morgan fingerprint density at radius 2 is 1.55 bits per heavy atom. The molecule has 3 aliphatic rings. The number of hydrogen-bond acceptors (Lipinski definition) is 10. The van der Waals surface area contributed by atoms with Crippen molar-refractivity contribution in [2.75, 3.05) is 60.9 Å². The van der Waals surface area contributed by atoms with E-state index in [2.05, 4.69) is 35.4 Å². The predicted molar refractivity (Wildman–Crippen MR) is 216 cm³/mol. The van der Waals surface area contributed by atoms with Crippen LogP contribution in [0.2, 0.25) is 0 Å². The van der Waals surface area contributed by atoms with Crippen molar-refractivity contribution in [3.8, 4) is 5.69 Å². The lowest BCUT2D eigenvalue weighted by atomic mass is 9.93. The third kappa shape index (κ3) is 8.21. The molecule has 0 radical (unpaired) electrons. The lowest BCUT2D eigenvalue weighted by Crippen LogP contribution is -2.47. The highest BCUT2D eigenvalue weighted by atomic mass is 19.4. The molecule has 3 aromatic heterocycles. The molecule has 0 bridgehead atoms. The van der Waals surface area contributed by atoms with E-state index >= 15 is 0 Å². The number of nitrogens with zero attached hydrogens (tertiary/aromatic N) is 8. The van der Waals surface area contributed by atoms with E-state index in [4.69, 9.17) is 5.73 Å². The largest absolute Gasteiger partial charge is 0.433 e. The summed E-state index contributed by atoms with van der Waals surface area (Å²) in [6, 6.07) is 15.7. The van der Waals surface area contributed by atoms with E-state index < -0.39 is 41.3 Å². The normalized spacial score (nSPS) is 18.2. The number of fused-ring (bicyclic) bond motifs is 1. The van der Waals surface area contributed by atoms with Crippen LogP contribution >= 0.6 is 0 Å². The molecule has 314 valence electrons. The minimum atomic E-state index is -4.73. The van der Waals surface area contributed by atoms with Crippen LogP contribution in [0.5, 0.6) is 0 Å². The second-order valence-electron chi connectivity index (χ2n) is 15.5. The fraction of sp³-hybridized carbons (Fsp3) is 0.390. The molecule has 4 N–H and O–H groups in total. The van der Waals surface area contributed by atoms with Crippen molar-refractivity contribution < 1.29 is 32.3 Å². The van der Waals surface area contributed by atoms with Gasteiger partial charge in [-0.1, -0.05) is 6.07 Å². The number of aromatic nitrogens is 5. The number of rotatable bonds is 10. The highest BCUT2D eigenvalue weighted by molar-refractivity contribution is 6.07. The zero-order valence-electron chi connectivity index (χ0n) is 32.8. The van der Waals surface area contributed by atoms with Gasteiger partial charge in [0, 0.05) is 64.1 Å². The number of pyridine rings is 1. The number of halogens is 3. The summed E-state index contributed by atoms with van der Waals surface area (Å²) in [7, 11) is 1.71. The number of piperidine rings is 2. The van der Waals surface area contributed by atoms with E-state index in [1.54, 1.807) is 11.6 Å². The van der Waals surface area contributed by atoms with E-state index in [0.717, 1.165) is 100 Å². The van der Waals surface area contributed by atoms with Crippen LogP contribution in [0.15, 0.2) is 71.7 Å². The van der Waals surface area contributed by atoms with E-state index in [1.807, 2.05) is 42.5 Å². The Balaban J connectivity index is 0.814. The molecule has 16 nitrogen and oxygen atoms in total. The van der Waals surface area contributed by atoms with Crippen molar-refractivity contribution in [1.82, 2.24) is 34.1 Å². The lowest BCUT2D eigenvalue weighted by molar-refractivity contribution is -0.141. The Morgan fingerprint density at radius 3 is 2.23 bits per heavy atom. The monoisotopic (exact) mass is 827 g/mol. The lowest BCUT2D eigenvalue weighted by Gasteiger charge is -2.38. The van der Waals surface area contributed by atoms with Crippen LogP contribution in [0.1, 0.15) is 64.8 Å². The number of imide groups is 1. The van der Waals surface area contributed by atoms with Gasteiger partial charge in [0.05, 0.1) is 28.6 Å². The van der Waals surface area contributed by atoms with Gasteiger partial charge in [-0.2, -0.15) is 18.3 Å². The number of piperazine rings is 1. The molecule has 6 heterocycles. The van der Waals surface area contributed by atoms with Crippen molar-refractivity contribution >= 4 is 51.7 Å². The Hall–Kier alpha value is -6.50. The topological polar surface area (TPSA) is 186 Å². The summed E-state index contributed by atoms with van der Waals surface area (Å²) in [4.78, 5) is 73.0. The molecule has 2 aromatic carbocycles. The van der Waals surface area contributed by atoms with Gasteiger partial charge in [0.1, 0.15) is 17.4 Å². The first-order valence-corrected chi connectivity index (χ1v) is 19.9. The summed E-state index contributed by atoms with van der Waals surface area (Å²) in [6.45, 7) is 6.38. The standard InChI is InChI=1S/C41H44F3N11O5/c1-50-33-23-28(9-10-31(33)55(40(50)60)32-11-12-35(56)48-39(32)59)52-17-14-25(15-18-52)13-16-51-19-21-53(22-20-51)26-5-7-27(8-6-26)54-24-30(36(49-54)37(45)57)47-38(58)29-3-2-4-34(46-29)41(42,43)44/h2-10,23-25,32H,11-22H2,1H3,(H2,45,57)(H,47,58)(H,48,56,59). The van der Waals surface area contributed by atoms with Crippen molar-refractivity contribution in [3.05, 3.63) is 94.4 Å². The maximum atomic E-state index is 13.2. The van der Waals surface area contributed by atoms with Gasteiger partial charge in [0.15, 0.2) is 5.69 Å². The number of carbonyl (C=O) groups is 4. The van der Waals surface area contributed by atoms with E-state index in [1.165, 1.54) is 15.4 Å². The van der Waals surface area contributed by atoms with E-state index in [0.29, 0.717) is 23.5 Å². The molecule has 5 aromatic rings. The molecule has 0 aliphatic carbocycles. The minimum absolute atomic E-state index is 0.0649. The number of amides is 4. The Bertz CT molecular complexity index is 2510. The van der Waals surface area contributed by atoms with Crippen LogP contribution in [-0.4, -0.2) is 98.2 Å². The fourth-order valence-corrected chi connectivity index (χ4v) is 8.35. The first kappa shape index (κ1) is 40.3. The smallest absolute Gasteiger partial charge is 0.371 e.